The molecule has 2 aromatic carbocycles. The molecule has 0 nitrogen and oxygen atoms in total. The molecule has 0 spiro atoms. The van der Waals surface area contributed by atoms with Crippen molar-refractivity contribution < 1.29 is 35.1 Å². The van der Waals surface area contributed by atoms with E-state index < -0.39 is 59.1 Å². The Hall–Kier alpha value is -2.12. The van der Waals surface area contributed by atoms with Crippen LogP contribution in [0.25, 0.3) is 0 Å². The smallest absolute Gasteiger partial charge is 0.207 e. The lowest BCUT2D eigenvalue weighted by Crippen LogP contribution is -2.14. The van der Waals surface area contributed by atoms with Crippen molar-refractivity contribution in [3.05, 3.63) is 70.3 Å². The Labute approximate surface area is 131 Å². The average Bonchev–Trinajstić information content (AvgIpc) is 2.44. The van der Waals surface area contributed by atoms with Gasteiger partial charge >= 0.3 is 12.4 Å². The highest BCUT2D eigenvalue weighted by Crippen LogP contribution is 2.36. The zero-order chi connectivity index (χ0) is 18.1. The minimum Gasteiger partial charge on any atom is -0.207 e. The summed E-state index contributed by atoms with van der Waals surface area (Å²) >= 11 is 0. The van der Waals surface area contributed by atoms with Crippen LogP contribution in [0.5, 0.6) is 0 Å². The molecular weight excluding hydrogens is 344 g/mol. The molecule has 0 saturated carbocycles. The summed E-state index contributed by atoms with van der Waals surface area (Å²) in [7, 11) is 0. The van der Waals surface area contributed by atoms with E-state index in [1.165, 1.54) is 0 Å². The molecule has 0 fully saturated rings. The topological polar surface area (TPSA) is 0 Å². The molecule has 0 amide bonds. The fraction of sp³-hybridized carbons (Fsp3) is 0.250. The Morgan fingerprint density at radius 2 is 0.917 bits per heavy atom. The van der Waals surface area contributed by atoms with Crippen molar-refractivity contribution >= 4 is 0 Å². The number of hydrogen-bond donors (Lipinski definition) is 0. The van der Waals surface area contributed by atoms with E-state index in [0.717, 1.165) is 24.3 Å². The number of alkyl halides is 6. The highest BCUT2D eigenvalue weighted by Gasteiger charge is 2.36. The van der Waals surface area contributed by atoms with Gasteiger partial charge in [0, 0.05) is 11.1 Å². The third-order valence-electron chi connectivity index (χ3n) is 3.47. The Bertz CT molecular complexity index is 664. The quantitative estimate of drug-likeness (QED) is 0.612. The molecule has 0 heterocycles. The predicted octanol–water partition coefficient (Wildman–Crippen LogP) is 5.79. The summed E-state index contributed by atoms with van der Waals surface area (Å²) in [6, 6.07) is 4.51. The highest BCUT2D eigenvalue weighted by atomic mass is 19.4. The van der Waals surface area contributed by atoms with E-state index in [1.807, 2.05) is 0 Å². The van der Waals surface area contributed by atoms with Gasteiger partial charge in [0.2, 0.25) is 0 Å². The molecule has 0 unspecified atom stereocenters. The van der Waals surface area contributed by atoms with E-state index >= 15 is 0 Å². The van der Waals surface area contributed by atoms with Gasteiger partial charge in [-0.15, -0.1) is 0 Å². The van der Waals surface area contributed by atoms with Crippen LogP contribution in [0.2, 0.25) is 0 Å². The van der Waals surface area contributed by atoms with Gasteiger partial charge in [-0.2, -0.15) is 26.3 Å². The molecule has 8 heteroatoms. The van der Waals surface area contributed by atoms with Crippen LogP contribution in [-0.2, 0) is 25.2 Å². The SMILES string of the molecule is Fc1cccc(C(F)(F)F)c1CCc1c(F)cccc1C(F)(F)F. The standard InChI is InChI=1S/C16H10F8/c17-13-5-1-3-11(15(19,20)21)9(13)7-8-10-12(16(22,23)24)4-2-6-14(10)18/h1-6H,7-8H2. The van der Waals surface area contributed by atoms with Gasteiger partial charge in [-0.05, 0) is 37.1 Å². The van der Waals surface area contributed by atoms with Crippen molar-refractivity contribution in [2.45, 2.75) is 25.2 Å². The largest absolute Gasteiger partial charge is 0.416 e. The fourth-order valence-corrected chi connectivity index (χ4v) is 2.41. The molecule has 0 saturated heterocycles. The molecule has 2 rings (SSSR count). The van der Waals surface area contributed by atoms with E-state index in [4.69, 9.17) is 0 Å². The van der Waals surface area contributed by atoms with Crippen LogP contribution in [-0.4, -0.2) is 0 Å². The first-order valence-corrected chi connectivity index (χ1v) is 6.71. The molecular formula is C16H10F8. The molecule has 0 aliphatic heterocycles. The van der Waals surface area contributed by atoms with Gasteiger partial charge in [0.05, 0.1) is 11.1 Å². The third kappa shape index (κ3) is 3.85. The molecule has 130 valence electrons. The van der Waals surface area contributed by atoms with Crippen LogP contribution in [0.15, 0.2) is 36.4 Å². The lowest BCUT2D eigenvalue weighted by Gasteiger charge is -2.16. The third-order valence-corrected chi connectivity index (χ3v) is 3.47. The van der Waals surface area contributed by atoms with E-state index in [0.29, 0.717) is 12.1 Å². The molecule has 0 bridgehead atoms. The minimum atomic E-state index is -4.86. The van der Waals surface area contributed by atoms with Gasteiger partial charge in [-0.1, -0.05) is 12.1 Å². The molecule has 0 N–H and O–H groups in total. The lowest BCUT2D eigenvalue weighted by atomic mass is 9.96. The summed E-state index contributed by atoms with van der Waals surface area (Å²) in [6.07, 6.45) is -11.2. The predicted molar refractivity (Wildman–Crippen MR) is 70.2 cm³/mol. The molecule has 0 radical (unpaired) electrons. The van der Waals surface area contributed by atoms with Gasteiger partial charge in [0.1, 0.15) is 11.6 Å². The summed E-state index contributed by atoms with van der Waals surface area (Å²) < 4.78 is 105. The Kier molecular flexibility index (Phi) is 4.87. The number of benzene rings is 2. The van der Waals surface area contributed by atoms with Gasteiger partial charge in [0.15, 0.2) is 0 Å². The summed E-state index contributed by atoms with van der Waals surface area (Å²) in [6.45, 7) is 0. The molecule has 0 aromatic heterocycles. The maximum Gasteiger partial charge on any atom is 0.416 e. The van der Waals surface area contributed by atoms with E-state index in [9.17, 15) is 35.1 Å². The van der Waals surface area contributed by atoms with Crippen LogP contribution in [0.3, 0.4) is 0 Å². The molecule has 2 aromatic rings. The zero-order valence-electron chi connectivity index (χ0n) is 11.9. The van der Waals surface area contributed by atoms with Crippen molar-refractivity contribution in [1.82, 2.24) is 0 Å². The summed E-state index contributed by atoms with van der Waals surface area (Å²) in [4.78, 5) is 0. The second kappa shape index (κ2) is 6.41. The minimum absolute atomic E-state index is 0.629. The van der Waals surface area contributed by atoms with Gasteiger partial charge in [0.25, 0.3) is 0 Å². The Morgan fingerprint density at radius 3 is 1.21 bits per heavy atom. The van der Waals surface area contributed by atoms with Crippen LogP contribution < -0.4 is 0 Å². The van der Waals surface area contributed by atoms with Crippen molar-refractivity contribution in [2.75, 3.05) is 0 Å². The van der Waals surface area contributed by atoms with E-state index in [1.54, 1.807) is 0 Å². The molecule has 24 heavy (non-hydrogen) atoms. The van der Waals surface area contributed by atoms with Crippen molar-refractivity contribution in [1.29, 1.82) is 0 Å². The second-order valence-corrected chi connectivity index (χ2v) is 5.03. The number of rotatable bonds is 3. The maximum atomic E-state index is 13.7. The first kappa shape index (κ1) is 18.2. The van der Waals surface area contributed by atoms with Gasteiger partial charge < -0.3 is 0 Å². The van der Waals surface area contributed by atoms with Crippen molar-refractivity contribution in [3.63, 3.8) is 0 Å². The summed E-state index contributed by atoms with van der Waals surface area (Å²) in [5, 5.41) is 0. The summed E-state index contributed by atoms with van der Waals surface area (Å²) in [5.74, 6) is -2.40. The van der Waals surface area contributed by atoms with Gasteiger partial charge in [-0.3, -0.25) is 0 Å². The van der Waals surface area contributed by atoms with Crippen LogP contribution in [0, 0.1) is 11.6 Å². The molecule has 0 aliphatic rings. The van der Waals surface area contributed by atoms with Crippen LogP contribution >= 0.6 is 0 Å². The van der Waals surface area contributed by atoms with E-state index in [2.05, 4.69) is 0 Å². The van der Waals surface area contributed by atoms with Gasteiger partial charge in [-0.25, -0.2) is 8.78 Å². The van der Waals surface area contributed by atoms with Crippen molar-refractivity contribution in [2.24, 2.45) is 0 Å². The average molecular weight is 354 g/mol. The molecule has 0 aliphatic carbocycles. The Balaban J connectivity index is 2.41. The van der Waals surface area contributed by atoms with Crippen molar-refractivity contribution in [3.8, 4) is 0 Å². The normalized spacial score (nSPS) is 12.5. The van der Waals surface area contributed by atoms with E-state index in [-0.39, 0.29) is 0 Å². The number of hydrogen-bond acceptors (Lipinski definition) is 0. The van der Waals surface area contributed by atoms with Crippen LogP contribution in [0.1, 0.15) is 22.3 Å². The first-order valence-electron chi connectivity index (χ1n) is 6.71. The first-order chi connectivity index (χ1) is 11.0. The molecule has 0 atom stereocenters. The maximum absolute atomic E-state index is 13.7. The highest BCUT2D eigenvalue weighted by molar-refractivity contribution is 5.35. The monoisotopic (exact) mass is 354 g/mol. The fourth-order valence-electron chi connectivity index (χ4n) is 2.41. The second-order valence-electron chi connectivity index (χ2n) is 5.03. The zero-order valence-corrected chi connectivity index (χ0v) is 11.9. The Morgan fingerprint density at radius 1 is 0.583 bits per heavy atom. The van der Waals surface area contributed by atoms with Crippen LogP contribution in [0.4, 0.5) is 35.1 Å². The summed E-state index contributed by atoms with van der Waals surface area (Å²) in [5.41, 5.74) is -4.15. The number of halogens is 8. The lowest BCUT2D eigenvalue weighted by molar-refractivity contribution is -0.139.